The van der Waals surface area contributed by atoms with E-state index in [1.165, 1.54) is 30.9 Å². The summed E-state index contributed by atoms with van der Waals surface area (Å²) in [7, 11) is 1.74. The molecule has 1 aromatic heterocycles. The van der Waals surface area contributed by atoms with Crippen LogP contribution in [0.1, 0.15) is 35.3 Å². The molecule has 1 N–H and O–H groups in total. The molecule has 9 nitrogen and oxygen atoms in total. The molecule has 3 rings (SSSR count). The highest BCUT2D eigenvalue weighted by molar-refractivity contribution is 5.99. The maximum Gasteiger partial charge on any atom is 0.311 e. The molecule has 0 spiro atoms. The van der Waals surface area contributed by atoms with Gasteiger partial charge in [0.2, 0.25) is 0 Å². The van der Waals surface area contributed by atoms with Gasteiger partial charge in [0, 0.05) is 43.0 Å². The number of ether oxygens (including phenoxy) is 1. The van der Waals surface area contributed by atoms with Crippen LogP contribution in [0.4, 0.5) is 10.1 Å². The topological polar surface area (TPSA) is 111 Å². The Morgan fingerprint density at radius 1 is 1.46 bits per heavy atom. The number of halogens is 1. The van der Waals surface area contributed by atoms with Crippen LogP contribution in [0.25, 0.3) is 0 Å². The molecule has 1 unspecified atom stereocenters. The van der Waals surface area contributed by atoms with Crippen molar-refractivity contribution in [3.8, 4) is 5.75 Å². The molecular weight excluding hydrogens is 371 g/mol. The van der Waals surface area contributed by atoms with E-state index in [0.29, 0.717) is 5.56 Å². The molecule has 1 aromatic carbocycles. The van der Waals surface area contributed by atoms with Crippen molar-refractivity contribution in [2.45, 2.75) is 38.8 Å². The summed E-state index contributed by atoms with van der Waals surface area (Å²) in [4.78, 5) is 24.7. The minimum atomic E-state index is -1.65. The maximum absolute atomic E-state index is 14.2. The number of rotatable bonds is 7. The summed E-state index contributed by atoms with van der Waals surface area (Å²) in [6, 6.07) is 2.60. The lowest BCUT2D eigenvalue weighted by molar-refractivity contribution is -0.386. The SMILES string of the molecule is Cn1cc(COc2cc3c(cc2[N+](=O)[O-])CN(CC(F)C(C)(C)O)C3=O)cn1. The third kappa shape index (κ3) is 3.96. The van der Waals surface area contributed by atoms with Gasteiger partial charge in [-0.3, -0.25) is 19.6 Å². The smallest absolute Gasteiger partial charge is 0.311 e. The van der Waals surface area contributed by atoms with E-state index in [2.05, 4.69) is 5.10 Å². The Morgan fingerprint density at radius 2 is 2.18 bits per heavy atom. The lowest BCUT2D eigenvalue weighted by Crippen LogP contribution is -2.42. The molecule has 0 saturated heterocycles. The fourth-order valence-corrected chi connectivity index (χ4v) is 2.92. The number of fused-ring (bicyclic) bond motifs is 1. The normalized spacial score (nSPS) is 14.9. The molecule has 28 heavy (non-hydrogen) atoms. The standard InChI is InChI=1S/C18H21FN4O5/c1-18(2,25)16(19)9-22-8-12-4-14(23(26)27)15(5-13(12)17(22)24)28-10-11-6-20-21(3)7-11/h4-7,16,25H,8-10H2,1-3H3. The van der Waals surface area contributed by atoms with E-state index in [-0.39, 0.29) is 36.7 Å². The second kappa shape index (κ2) is 7.19. The number of hydrogen-bond acceptors (Lipinski definition) is 6. The largest absolute Gasteiger partial charge is 0.482 e. The van der Waals surface area contributed by atoms with Gasteiger partial charge in [-0.2, -0.15) is 5.10 Å². The number of benzene rings is 1. The molecule has 1 atom stereocenters. The molecular formula is C18H21FN4O5. The summed E-state index contributed by atoms with van der Waals surface area (Å²) in [5.41, 5.74) is -0.491. The number of nitrogens with zero attached hydrogens (tertiary/aromatic N) is 4. The Balaban J connectivity index is 1.84. The first kappa shape index (κ1) is 19.7. The van der Waals surface area contributed by atoms with E-state index in [1.807, 2.05) is 0 Å². The Hall–Kier alpha value is -3.01. The summed E-state index contributed by atoms with van der Waals surface area (Å²) < 4.78 is 21.3. The number of carbonyl (C=O) groups excluding carboxylic acids is 1. The van der Waals surface area contributed by atoms with Crippen LogP contribution >= 0.6 is 0 Å². The fraction of sp³-hybridized carbons (Fsp3) is 0.444. The molecule has 1 amide bonds. The second-order valence-electron chi connectivity index (χ2n) is 7.35. The van der Waals surface area contributed by atoms with Gasteiger partial charge in [-0.25, -0.2) is 4.39 Å². The molecule has 1 aliphatic heterocycles. The highest BCUT2D eigenvalue weighted by atomic mass is 19.1. The third-order valence-corrected chi connectivity index (χ3v) is 4.56. The highest BCUT2D eigenvalue weighted by Crippen LogP contribution is 2.36. The van der Waals surface area contributed by atoms with Crippen LogP contribution in [0.2, 0.25) is 0 Å². The first-order valence-corrected chi connectivity index (χ1v) is 8.63. The third-order valence-electron chi connectivity index (χ3n) is 4.56. The van der Waals surface area contributed by atoms with E-state index in [0.717, 1.165) is 5.56 Å². The molecule has 0 saturated carbocycles. The zero-order valence-corrected chi connectivity index (χ0v) is 15.8. The summed E-state index contributed by atoms with van der Waals surface area (Å²) >= 11 is 0. The summed E-state index contributed by atoms with van der Waals surface area (Å²) in [5.74, 6) is -0.495. The average molecular weight is 392 g/mol. The monoisotopic (exact) mass is 392 g/mol. The number of aliphatic hydroxyl groups is 1. The Kier molecular flexibility index (Phi) is 5.07. The van der Waals surface area contributed by atoms with E-state index < -0.39 is 22.6 Å². The van der Waals surface area contributed by atoms with Crippen molar-refractivity contribution in [3.05, 3.63) is 51.3 Å². The summed E-state index contributed by atoms with van der Waals surface area (Å²) in [6.45, 7) is 2.42. The Bertz CT molecular complexity index is 921. The summed E-state index contributed by atoms with van der Waals surface area (Å²) in [5, 5.41) is 25.2. The number of aryl methyl sites for hydroxylation is 1. The number of carbonyl (C=O) groups is 1. The molecule has 0 fully saturated rings. The van der Waals surface area contributed by atoms with E-state index >= 15 is 0 Å². The van der Waals surface area contributed by atoms with E-state index in [1.54, 1.807) is 24.1 Å². The van der Waals surface area contributed by atoms with Gasteiger partial charge >= 0.3 is 5.69 Å². The van der Waals surface area contributed by atoms with Crippen LogP contribution in [-0.4, -0.2) is 48.9 Å². The van der Waals surface area contributed by atoms with Crippen molar-refractivity contribution < 1.29 is 24.0 Å². The zero-order valence-electron chi connectivity index (χ0n) is 15.8. The number of amides is 1. The average Bonchev–Trinajstić information content (AvgIpc) is 3.15. The minimum absolute atomic E-state index is 0.0361. The molecule has 2 aromatic rings. The van der Waals surface area contributed by atoms with Crippen LogP contribution in [0.15, 0.2) is 24.5 Å². The number of aromatic nitrogens is 2. The quantitative estimate of drug-likeness (QED) is 0.570. The van der Waals surface area contributed by atoms with Crippen LogP contribution in [0.3, 0.4) is 0 Å². The molecule has 2 heterocycles. The lowest BCUT2D eigenvalue weighted by Gasteiger charge is -2.26. The molecule has 10 heteroatoms. The molecule has 0 radical (unpaired) electrons. The Labute approximate surface area is 160 Å². The minimum Gasteiger partial charge on any atom is -0.482 e. The van der Waals surface area contributed by atoms with Crippen LogP contribution in [0, 0.1) is 10.1 Å². The first-order chi connectivity index (χ1) is 13.1. The van der Waals surface area contributed by atoms with Crippen molar-refractivity contribution >= 4 is 11.6 Å². The van der Waals surface area contributed by atoms with Crippen molar-refractivity contribution in [2.24, 2.45) is 7.05 Å². The molecule has 0 bridgehead atoms. The highest BCUT2D eigenvalue weighted by Gasteiger charge is 2.36. The number of alkyl halides is 1. The van der Waals surface area contributed by atoms with Gasteiger partial charge in [0.25, 0.3) is 5.91 Å². The predicted molar refractivity (Wildman–Crippen MR) is 96.6 cm³/mol. The molecule has 0 aliphatic carbocycles. The number of hydrogen-bond donors (Lipinski definition) is 1. The van der Waals surface area contributed by atoms with Crippen LogP contribution in [0.5, 0.6) is 5.75 Å². The van der Waals surface area contributed by atoms with Gasteiger partial charge in [0.1, 0.15) is 12.8 Å². The number of nitro groups is 1. The molecule has 150 valence electrons. The number of nitro benzene ring substituents is 1. The van der Waals surface area contributed by atoms with Gasteiger partial charge in [-0.15, -0.1) is 0 Å². The van der Waals surface area contributed by atoms with Gasteiger partial charge in [-0.1, -0.05) is 0 Å². The zero-order chi connectivity index (χ0) is 20.6. The maximum atomic E-state index is 14.2. The van der Waals surface area contributed by atoms with Gasteiger partial charge < -0.3 is 14.7 Å². The second-order valence-corrected chi connectivity index (χ2v) is 7.35. The Morgan fingerprint density at radius 3 is 2.75 bits per heavy atom. The van der Waals surface area contributed by atoms with Crippen LogP contribution < -0.4 is 4.74 Å². The van der Waals surface area contributed by atoms with E-state index in [9.17, 15) is 24.4 Å². The predicted octanol–water partition coefficient (Wildman–Crippen LogP) is 1.97. The van der Waals surface area contributed by atoms with Crippen molar-refractivity contribution in [1.29, 1.82) is 0 Å². The van der Waals surface area contributed by atoms with Gasteiger partial charge in [0.15, 0.2) is 5.75 Å². The van der Waals surface area contributed by atoms with Gasteiger partial charge in [0.05, 0.1) is 23.3 Å². The summed E-state index contributed by atoms with van der Waals surface area (Å²) in [6.07, 6.45) is 1.64. The first-order valence-electron chi connectivity index (χ1n) is 8.63. The lowest BCUT2D eigenvalue weighted by atomic mass is 10.0. The van der Waals surface area contributed by atoms with Crippen molar-refractivity contribution in [3.63, 3.8) is 0 Å². The molecule has 1 aliphatic rings. The van der Waals surface area contributed by atoms with Gasteiger partial charge in [-0.05, 0) is 19.4 Å². The van der Waals surface area contributed by atoms with Crippen molar-refractivity contribution in [1.82, 2.24) is 14.7 Å². The van der Waals surface area contributed by atoms with E-state index in [4.69, 9.17) is 4.74 Å². The van der Waals surface area contributed by atoms with Crippen LogP contribution in [-0.2, 0) is 20.2 Å². The van der Waals surface area contributed by atoms with Crippen molar-refractivity contribution in [2.75, 3.05) is 6.54 Å². The fourth-order valence-electron chi connectivity index (χ4n) is 2.92.